The van der Waals surface area contributed by atoms with Crippen molar-refractivity contribution in [3.05, 3.63) is 65.7 Å². The summed E-state index contributed by atoms with van der Waals surface area (Å²) in [6, 6.07) is 17.5. The third-order valence-electron chi connectivity index (χ3n) is 4.24. The Kier molecular flexibility index (Phi) is 7.86. The average Bonchev–Trinajstić information content (AvgIpc) is 2.69. The summed E-state index contributed by atoms with van der Waals surface area (Å²) in [7, 11) is 0. The molecule has 5 nitrogen and oxygen atoms in total. The van der Waals surface area contributed by atoms with Gasteiger partial charge in [0.2, 0.25) is 0 Å². The third-order valence-corrected chi connectivity index (χ3v) is 4.24. The fourth-order valence-electron chi connectivity index (χ4n) is 2.50. The number of carbonyl (C=O) groups excluding carboxylic acids is 2. The maximum Gasteiger partial charge on any atom is 0.344 e. The fourth-order valence-corrected chi connectivity index (χ4v) is 2.50. The highest BCUT2D eigenvalue weighted by molar-refractivity contribution is 5.80. The highest BCUT2D eigenvalue weighted by Crippen LogP contribution is 2.18. The van der Waals surface area contributed by atoms with Crippen LogP contribution in [-0.4, -0.2) is 31.6 Å². The van der Waals surface area contributed by atoms with Gasteiger partial charge in [-0.2, -0.15) is 0 Å². The lowest BCUT2D eigenvalue weighted by atomic mass is 10.0. The van der Waals surface area contributed by atoms with Crippen LogP contribution in [-0.2, 0) is 14.3 Å². The summed E-state index contributed by atoms with van der Waals surface area (Å²) in [6.07, 6.45) is 0. The Hall–Kier alpha value is -2.82. The van der Waals surface area contributed by atoms with E-state index in [1.54, 1.807) is 0 Å². The van der Waals surface area contributed by atoms with E-state index in [0.29, 0.717) is 18.2 Å². The van der Waals surface area contributed by atoms with E-state index >= 15 is 0 Å². The number of nitrogens with one attached hydrogen (secondary N) is 1. The van der Waals surface area contributed by atoms with E-state index in [4.69, 9.17) is 9.47 Å². The number of hydrogen-bond acceptors (Lipinski definition) is 4. The van der Waals surface area contributed by atoms with Crippen molar-refractivity contribution in [1.82, 2.24) is 5.32 Å². The molecule has 0 saturated heterocycles. The van der Waals surface area contributed by atoms with Crippen LogP contribution >= 0.6 is 0 Å². The van der Waals surface area contributed by atoms with Gasteiger partial charge in [-0.1, -0.05) is 63.2 Å². The van der Waals surface area contributed by atoms with Crippen LogP contribution in [0.4, 0.5) is 0 Å². The molecule has 144 valence electrons. The van der Waals surface area contributed by atoms with Crippen molar-refractivity contribution in [2.45, 2.75) is 32.6 Å². The Balaban J connectivity index is 1.65. The van der Waals surface area contributed by atoms with Gasteiger partial charge in [0, 0.05) is 6.54 Å². The molecule has 2 aromatic carbocycles. The number of ether oxygens (including phenoxy) is 2. The number of hydrogen-bond donors (Lipinski definition) is 1. The molecule has 0 bridgehead atoms. The molecule has 1 N–H and O–H groups in total. The maximum atomic E-state index is 11.8. The van der Waals surface area contributed by atoms with Gasteiger partial charge in [-0.25, -0.2) is 4.79 Å². The van der Waals surface area contributed by atoms with Crippen LogP contribution in [0.1, 0.15) is 43.7 Å². The minimum atomic E-state index is -0.575. The molecule has 0 aliphatic heterocycles. The molecule has 0 saturated carbocycles. The van der Waals surface area contributed by atoms with Crippen LogP contribution < -0.4 is 10.1 Å². The predicted molar refractivity (Wildman–Crippen MR) is 105 cm³/mol. The second-order valence-electron chi connectivity index (χ2n) is 6.79. The van der Waals surface area contributed by atoms with Crippen molar-refractivity contribution in [2.24, 2.45) is 0 Å². The van der Waals surface area contributed by atoms with Crippen molar-refractivity contribution < 1.29 is 19.1 Å². The number of carbonyl (C=O) groups is 2. The van der Waals surface area contributed by atoms with Crippen LogP contribution in [0.25, 0.3) is 0 Å². The van der Waals surface area contributed by atoms with Gasteiger partial charge in [0.1, 0.15) is 5.75 Å². The zero-order chi connectivity index (χ0) is 19.6. The Morgan fingerprint density at radius 2 is 1.56 bits per heavy atom. The van der Waals surface area contributed by atoms with Crippen molar-refractivity contribution in [3.8, 4) is 5.75 Å². The summed E-state index contributed by atoms with van der Waals surface area (Å²) in [5, 5.41) is 2.77. The highest BCUT2D eigenvalue weighted by atomic mass is 16.6. The van der Waals surface area contributed by atoms with Crippen molar-refractivity contribution >= 4 is 11.9 Å². The molecule has 2 aromatic rings. The first-order valence-corrected chi connectivity index (χ1v) is 9.15. The van der Waals surface area contributed by atoms with Crippen LogP contribution in [0.15, 0.2) is 54.6 Å². The zero-order valence-electron chi connectivity index (χ0n) is 16.1. The summed E-state index contributed by atoms with van der Waals surface area (Å²) < 4.78 is 10.3. The van der Waals surface area contributed by atoms with Gasteiger partial charge >= 0.3 is 5.97 Å². The standard InChI is InChI=1S/C22H27NO4/c1-16(2)18-9-11-20(12-10-18)26-15-22(25)27-14-21(24)23-13-17(3)19-7-5-4-6-8-19/h4-12,16-17H,13-15H2,1-3H3,(H,23,24)/t17-/m1/s1. The molecule has 1 atom stereocenters. The van der Waals surface area contributed by atoms with Crippen LogP contribution in [0.5, 0.6) is 5.75 Å². The minimum absolute atomic E-state index is 0.183. The quantitative estimate of drug-likeness (QED) is 0.685. The van der Waals surface area contributed by atoms with Gasteiger partial charge in [0.05, 0.1) is 0 Å². The SMILES string of the molecule is CC(C)c1ccc(OCC(=O)OCC(=O)NC[C@@H](C)c2ccccc2)cc1. The molecule has 5 heteroatoms. The van der Waals surface area contributed by atoms with Gasteiger partial charge < -0.3 is 14.8 Å². The molecule has 0 aromatic heterocycles. The van der Waals surface area contributed by atoms with E-state index < -0.39 is 5.97 Å². The molecule has 0 aliphatic rings. The summed E-state index contributed by atoms with van der Waals surface area (Å²) in [5.41, 5.74) is 2.35. The number of benzene rings is 2. The lowest BCUT2D eigenvalue weighted by molar-refractivity contribution is -0.150. The largest absolute Gasteiger partial charge is 0.482 e. The lowest BCUT2D eigenvalue weighted by Gasteiger charge is -2.13. The van der Waals surface area contributed by atoms with Gasteiger partial charge in [0.25, 0.3) is 5.91 Å². The van der Waals surface area contributed by atoms with Gasteiger partial charge in [-0.05, 0) is 35.1 Å². The van der Waals surface area contributed by atoms with Crippen LogP contribution in [0.3, 0.4) is 0 Å². The zero-order valence-corrected chi connectivity index (χ0v) is 16.1. The Bertz CT molecular complexity index is 726. The van der Waals surface area contributed by atoms with Crippen molar-refractivity contribution in [3.63, 3.8) is 0 Å². The molecule has 0 spiro atoms. The Morgan fingerprint density at radius 3 is 2.19 bits per heavy atom. The van der Waals surface area contributed by atoms with Gasteiger partial charge in [-0.3, -0.25) is 4.79 Å². The van der Waals surface area contributed by atoms with E-state index in [1.165, 1.54) is 5.56 Å². The molecule has 27 heavy (non-hydrogen) atoms. The maximum absolute atomic E-state index is 11.8. The van der Waals surface area contributed by atoms with E-state index in [2.05, 4.69) is 19.2 Å². The highest BCUT2D eigenvalue weighted by Gasteiger charge is 2.11. The van der Waals surface area contributed by atoms with Crippen LogP contribution in [0.2, 0.25) is 0 Å². The van der Waals surface area contributed by atoms with Crippen LogP contribution in [0, 0.1) is 0 Å². The van der Waals surface area contributed by atoms with E-state index in [9.17, 15) is 9.59 Å². The Morgan fingerprint density at radius 1 is 0.889 bits per heavy atom. The van der Waals surface area contributed by atoms with Gasteiger partial charge in [-0.15, -0.1) is 0 Å². The molecule has 0 heterocycles. The summed E-state index contributed by atoms with van der Waals surface area (Å²) >= 11 is 0. The fraction of sp³-hybridized carbons (Fsp3) is 0.364. The first kappa shape index (κ1) is 20.5. The Labute approximate surface area is 160 Å². The van der Waals surface area contributed by atoms with Gasteiger partial charge in [0.15, 0.2) is 13.2 Å². The summed E-state index contributed by atoms with van der Waals surface area (Å²) in [5.74, 6) is 0.314. The molecule has 0 fully saturated rings. The molecular weight excluding hydrogens is 342 g/mol. The normalized spacial score (nSPS) is 11.7. The first-order chi connectivity index (χ1) is 13.0. The van der Waals surface area contributed by atoms with Crippen molar-refractivity contribution in [1.29, 1.82) is 0 Å². The molecule has 1 amide bonds. The number of esters is 1. The molecular formula is C22H27NO4. The summed E-state index contributed by atoms with van der Waals surface area (Å²) in [4.78, 5) is 23.6. The first-order valence-electron chi connectivity index (χ1n) is 9.15. The topological polar surface area (TPSA) is 64.6 Å². The number of rotatable bonds is 9. The molecule has 0 radical (unpaired) electrons. The second-order valence-corrected chi connectivity index (χ2v) is 6.79. The molecule has 2 rings (SSSR count). The number of amides is 1. The second kappa shape index (κ2) is 10.4. The average molecular weight is 369 g/mol. The predicted octanol–water partition coefficient (Wildman–Crippen LogP) is 3.65. The lowest BCUT2D eigenvalue weighted by Crippen LogP contribution is -2.32. The third kappa shape index (κ3) is 7.13. The van der Waals surface area contributed by atoms with E-state index in [1.807, 2.05) is 61.5 Å². The molecule has 0 aliphatic carbocycles. The van der Waals surface area contributed by atoms with E-state index in [0.717, 1.165) is 5.56 Å². The van der Waals surface area contributed by atoms with Crippen molar-refractivity contribution in [2.75, 3.05) is 19.8 Å². The summed E-state index contributed by atoms with van der Waals surface area (Å²) in [6.45, 7) is 6.20. The molecule has 0 unspecified atom stereocenters. The minimum Gasteiger partial charge on any atom is -0.482 e. The smallest absolute Gasteiger partial charge is 0.344 e. The van der Waals surface area contributed by atoms with E-state index in [-0.39, 0.29) is 25.0 Å². The monoisotopic (exact) mass is 369 g/mol.